The smallest absolute Gasteiger partial charge is 0.146 e. The number of nitrogens with zero attached hydrogens (tertiary/aromatic N) is 2. The van der Waals surface area contributed by atoms with Crippen LogP contribution in [-0.2, 0) is 19.6 Å². The first-order valence-electron chi connectivity index (χ1n) is 6.75. The van der Waals surface area contributed by atoms with E-state index in [4.69, 9.17) is 9.47 Å². The van der Waals surface area contributed by atoms with E-state index in [-0.39, 0.29) is 5.82 Å². The minimum atomic E-state index is -0.225. The Hall–Kier alpha value is -2.14. The second kappa shape index (κ2) is 5.69. The first-order chi connectivity index (χ1) is 10.2. The van der Waals surface area contributed by atoms with Gasteiger partial charge in [0.15, 0.2) is 0 Å². The van der Waals surface area contributed by atoms with Crippen LogP contribution in [0.5, 0.6) is 11.5 Å². The molecule has 1 aliphatic heterocycles. The highest BCUT2D eigenvalue weighted by molar-refractivity contribution is 5.41. The Balaban J connectivity index is 1.79. The average molecular weight is 288 g/mol. The normalized spacial score (nSPS) is 14.0. The number of rotatable bonds is 4. The third-order valence-corrected chi connectivity index (χ3v) is 3.76. The van der Waals surface area contributed by atoms with Gasteiger partial charge in [0.05, 0.1) is 20.4 Å². The molecule has 4 nitrogen and oxygen atoms in total. The minimum absolute atomic E-state index is 0.225. The molecule has 0 bridgehead atoms. The summed E-state index contributed by atoms with van der Waals surface area (Å²) in [7, 11) is 3.27. The van der Waals surface area contributed by atoms with E-state index in [0.717, 1.165) is 28.2 Å². The first kappa shape index (κ1) is 13.8. The molecule has 0 aliphatic carbocycles. The number of hydrogen-bond acceptors (Lipinski definition) is 4. The van der Waals surface area contributed by atoms with E-state index in [1.54, 1.807) is 20.4 Å². The average Bonchev–Trinajstić information content (AvgIpc) is 2.91. The summed E-state index contributed by atoms with van der Waals surface area (Å²) in [5.41, 5.74) is 2.76. The lowest BCUT2D eigenvalue weighted by molar-refractivity contribution is 0.268. The molecular formula is C16H17FN2O2. The second-order valence-electron chi connectivity index (χ2n) is 5.08. The summed E-state index contributed by atoms with van der Waals surface area (Å²) in [6.45, 7) is 2.00. The van der Waals surface area contributed by atoms with Crippen LogP contribution in [0.4, 0.5) is 4.39 Å². The predicted octanol–water partition coefficient (Wildman–Crippen LogP) is 2.75. The molecule has 1 aliphatic rings. The molecule has 0 amide bonds. The Kier molecular flexibility index (Phi) is 3.75. The second-order valence-corrected chi connectivity index (χ2v) is 5.08. The molecule has 0 radical (unpaired) electrons. The molecule has 5 heteroatoms. The van der Waals surface area contributed by atoms with Gasteiger partial charge in [-0.05, 0) is 11.6 Å². The Bertz CT molecular complexity index is 661. The zero-order valence-corrected chi connectivity index (χ0v) is 12.1. The minimum Gasteiger partial charge on any atom is -0.497 e. The van der Waals surface area contributed by atoms with Gasteiger partial charge in [-0.2, -0.15) is 0 Å². The Labute approximate surface area is 123 Å². The van der Waals surface area contributed by atoms with Crippen molar-refractivity contribution in [2.24, 2.45) is 0 Å². The molecule has 2 heterocycles. The summed E-state index contributed by atoms with van der Waals surface area (Å²) < 4.78 is 24.3. The van der Waals surface area contributed by atoms with Gasteiger partial charge in [0, 0.05) is 43.0 Å². The summed E-state index contributed by atoms with van der Waals surface area (Å²) in [5, 5.41) is 0. The molecule has 1 aromatic heterocycles. The highest BCUT2D eigenvalue weighted by Crippen LogP contribution is 2.30. The molecule has 21 heavy (non-hydrogen) atoms. The molecule has 2 aromatic rings. The van der Waals surface area contributed by atoms with E-state index in [0.29, 0.717) is 19.6 Å². The van der Waals surface area contributed by atoms with Crippen LogP contribution in [0, 0.1) is 5.82 Å². The predicted molar refractivity (Wildman–Crippen MR) is 76.7 cm³/mol. The van der Waals surface area contributed by atoms with Crippen LogP contribution < -0.4 is 9.47 Å². The summed E-state index contributed by atoms with van der Waals surface area (Å²) in [5.74, 6) is 1.32. The van der Waals surface area contributed by atoms with Crippen molar-refractivity contribution in [3.63, 3.8) is 0 Å². The van der Waals surface area contributed by atoms with Gasteiger partial charge in [-0.25, -0.2) is 4.39 Å². The van der Waals surface area contributed by atoms with Crippen molar-refractivity contribution in [2.45, 2.75) is 19.6 Å². The van der Waals surface area contributed by atoms with Crippen molar-refractivity contribution in [1.29, 1.82) is 0 Å². The molecule has 0 fully saturated rings. The van der Waals surface area contributed by atoms with Crippen LogP contribution in [0.15, 0.2) is 30.6 Å². The van der Waals surface area contributed by atoms with Gasteiger partial charge in [0.2, 0.25) is 0 Å². The molecule has 1 aromatic carbocycles. The first-order valence-corrected chi connectivity index (χ1v) is 6.75. The van der Waals surface area contributed by atoms with Crippen LogP contribution in [0.3, 0.4) is 0 Å². The number of benzene rings is 1. The van der Waals surface area contributed by atoms with Crippen molar-refractivity contribution >= 4 is 0 Å². The van der Waals surface area contributed by atoms with Crippen molar-refractivity contribution in [1.82, 2.24) is 9.88 Å². The molecule has 0 saturated heterocycles. The van der Waals surface area contributed by atoms with Crippen LogP contribution in [0.25, 0.3) is 0 Å². The number of methoxy groups -OCH3 is 2. The Morgan fingerprint density at radius 3 is 2.76 bits per heavy atom. The van der Waals surface area contributed by atoms with Crippen molar-refractivity contribution < 1.29 is 13.9 Å². The van der Waals surface area contributed by atoms with Gasteiger partial charge in [-0.1, -0.05) is 6.07 Å². The fourth-order valence-corrected chi connectivity index (χ4v) is 2.67. The van der Waals surface area contributed by atoms with E-state index in [9.17, 15) is 4.39 Å². The lowest BCUT2D eigenvalue weighted by atomic mass is 10.2. The van der Waals surface area contributed by atoms with Gasteiger partial charge < -0.3 is 9.47 Å². The summed E-state index contributed by atoms with van der Waals surface area (Å²) in [6.07, 6.45) is 3.01. The number of hydrogen-bond donors (Lipinski definition) is 0. The van der Waals surface area contributed by atoms with Crippen LogP contribution in [0.1, 0.15) is 16.7 Å². The van der Waals surface area contributed by atoms with Crippen LogP contribution in [-0.4, -0.2) is 24.1 Å². The molecule has 0 spiro atoms. The SMILES string of the molecule is COc1ccc(CN2Cc3cncc(F)c3C2)c(OC)c1. The van der Waals surface area contributed by atoms with Gasteiger partial charge in [0.1, 0.15) is 17.3 Å². The Morgan fingerprint density at radius 1 is 1.19 bits per heavy atom. The number of aromatic nitrogens is 1. The monoisotopic (exact) mass is 288 g/mol. The molecule has 110 valence electrons. The topological polar surface area (TPSA) is 34.6 Å². The molecule has 0 saturated carbocycles. The summed E-state index contributed by atoms with van der Waals surface area (Å²) in [6, 6.07) is 5.75. The fourth-order valence-electron chi connectivity index (χ4n) is 2.67. The number of halogens is 1. The Morgan fingerprint density at radius 2 is 2.05 bits per heavy atom. The highest BCUT2D eigenvalue weighted by atomic mass is 19.1. The van der Waals surface area contributed by atoms with Gasteiger partial charge in [-0.3, -0.25) is 9.88 Å². The maximum atomic E-state index is 13.7. The van der Waals surface area contributed by atoms with E-state index < -0.39 is 0 Å². The molecule has 3 rings (SSSR count). The lowest BCUT2D eigenvalue weighted by Gasteiger charge is -2.17. The van der Waals surface area contributed by atoms with Crippen molar-refractivity contribution in [3.05, 3.63) is 53.1 Å². The van der Waals surface area contributed by atoms with E-state index in [1.807, 2.05) is 18.2 Å². The molecule has 0 unspecified atom stereocenters. The quantitative estimate of drug-likeness (QED) is 0.866. The third-order valence-electron chi connectivity index (χ3n) is 3.76. The molecule has 0 N–H and O–H groups in total. The highest BCUT2D eigenvalue weighted by Gasteiger charge is 2.23. The maximum Gasteiger partial charge on any atom is 0.146 e. The van der Waals surface area contributed by atoms with Crippen LogP contribution in [0.2, 0.25) is 0 Å². The van der Waals surface area contributed by atoms with Crippen LogP contribution >= 0.6 is 0 Å². The zero-order chi connectivity index (χ0) is 14.8. The van der Waals surface area contributed by atoms with Crippen molar-refractivity contribution in [3.8, 4) is 11.5 Å². The lowest BCUT2D eigenvalue weighted by Crippen LogP contribution is -2.16. The number of ether oxygens (including phenoxy) is 2. The summed E-state index contributed by atoms with van der Waals surface area (Å²) in [4.78, 5) is 6.08. The van der Waals surface area contributed by atoms with E-state index >= 15 is 0 Å². The van der Waals surface area contributed by atoms with Gasteiger partial charge in [0.25, 0.3) is 0 Å². The largest absolute Gasteiger partial charge is 0.497 e. The fraction of sp³-hybridized carbons (Fsp3) is 0.312. The summed E-state index contributed by atoms with van der Waals surface area (Å²) >= 11 is 0. The van der Waals surface area contributed by atoms with Gasteiger partial charge in [-0.15, -0.1) is 0 Å². The van der Waals surface area contributed by atoms with Gasteiger partial charge >= 0.3 is 0 Å². The molecule has 0 atom stereocenters. The van der Waals surface area contributed by atoms with E-state index in [1.165, 1.54) is 6.20 Å². The third kappa shape index (κ3) is 2.69. The maximum absolute atomic E-state index is 13.7. The van der Waals surface area contributed by atoms with Crippen molar-refractivity contribution in [2.75, 3.05) is 14.2 Å². The van der Waals surface area contributed by atoms with E-state index in [2.05, 4.69) is 9.88 Å². The number of pyridine rings is 1. The standard InChI is InChI=1S/C16H17FN2O2/c1-20-13-4-3-11(16(5-13)21-2)8-19-9-12-6-18-7-15(17)14(12)10-19/h3-7H,8-10H2,1-2H3. The zero-order valence-electron chi connectivity index (χ0n) is 12.1. The number of fused-ring (bicyclic) bond motifs is 1. The molecular weight excluding hydrogens is 271 g/mol.